The second kappa shape index (κ2) is 8.06. The predicted molar refractivity (Wildman–Crippen MR) is 82.9 cm³/mol. The first-order valence-electron chi connectivity index (χ1n) is 6.53. The quantitative estimate of drug-likeness (QED) is 0.875. The number of alkyl carbamates (subject to hydrolysis) is 1. The molecule has 0 aliphatic carbocycles. The molecular weight excluding hydrogens is 305 g/mol. The van der Waals surface area contributed by atoms with Crippen molar-refractivity contribution in [1.29, 1.82) is 0 Å². The first kappa shape index (κ1) is 15.9. The van der Waals surface area contributed by atoms with E-state index in [0.717, 1.165) is 5.56 Å². The summed E-state index contributed by atoms with van der Waals surface area (Å²) < 4.78 is 18.2. The number of amides is 1. The van der Waals surface area contributed by atoms with E-state index in [4.69, 9.17) is 16.3 Å². The van der Waals surface area contributed by atoms with Gasteiger partial charge in [-0.25, -0.2) is 9.18 Å². The molecule has 0 heterocycles. The van der Waals surface area contributed by atoms with Crippen molar-refractivity contribution in [3.05, 3.63) is 70.5 Å². The smallest absolute Gasteiger partial charge is 0.408 e. The maximum Gasteiger partial charge on any atom is 0.408 e. The second-order valence-electron chi connectivity index (χ2n) is 4.35. The van der Waals surface area contributed by atoms with Gasteiger partial charge in [-0.15, -0.1) is 0 Å². The van der Waals surface area contributed by atoms with Gasteiger partial charge in [0.15, 0.2) is 0 Å². The number of ether oxygens (including phenoxy) is 1. The standard InChI is InChI=1S/C17H13ClFNO2/c18-15-9-8-13(11-16(15)19)7-4-10-20-17(21)22-12-14-5-2-1-3-6-14/h1-3,5-6,8-9,11H,10,12H2,(H,20,21). The van der Waals surface area contributed by atoms with Crippen molar-refractivity contribution < 1.29 is 13.9 Å². The van der Waals surface area contributed by atoms with Crippen molar-refractivity contribution in [2.24, 2.45) is 0 Å². The fraction of sp³-hybridized carbons (Fsp3) is 0.118. The van der Waals surface area contributed by atoms with Gasteiger partial charge < -0.3 is 10.1 Å². The number of nitrogens with one attached hydrogen (secondary N) is 1. The van der Waals surface area contributed by atoms with Crippen LogP contribution in [-0.4, -0.2) is 12.6 Å². The first-order valence-corrected chi connectivity index (χ1v) is 6.91. The van der Waals surface area contributed by atoms with Crippen LogP contribution in [0, 0.1) is 17.7 Å². The molecule has 0 aliphatic heterocycles. The van der Waals surface area contributed by atoms with Crippen molar-refractivity contribution in [2.75, 3.05) is 6.54 Å². The minimum Gasteiger partial charge on any atom is -0.445 e. The highest BCUT2D eigenvalue weighted by atomic mass is 35.5. The van der Waals surface area contributed by atoms with E-state index in [1.165, 1.54) is 12.1 Å². The molecule has 0 aromatic heterocycles. The fourth-order valence-electron chi connectivity index (χ4n) is 1.61. The Bertz CT molecular complexity index is 708. The van der Waals surface area contributed by atoms with Gasteiger partial charge in [0.1, 0.15) is 12.4 Å². The van der Waals surface area contributed by atoms with Crippen LogP contribution in [0.15, 0.2) is 48.5 Å². The van der Waals surface area contributed by atoms with Gasteiger partial charge in [-0.3, -0.25) is 0 Å². The van der Waals surface area contributed by atoms with E-state index in [-0.39, 0.29) is 18.2 Å². The summed E-state index contributed by atoms with van der Waals surface area (Å²) in [6.45, 7) is 0.306. The third-order valence-electron chi connectivity index (χ3n) is 2.69. The van der Waals surface area contributed by atoms with E-state index >= 15 is 0 Å². The van der Waals surface area contributed by atoms with Crippen LogP contribution >= 0.6 is 11.6 Å². The molecule has 5 heteroatoms. The van der Waals surface area contributed by atoms with Crippen molar-refractivity contribution >= 4 is 17.7 Å². The third-order valence-corrected chi connectivity index (χ3v) is 2.99. The lowest BCUT2D eigenvalue weighted by molar-refractivity contribution is 0.141. The van der Waals surface area contributed by atoms with Gasteiger partial charge in [-0.1, -0.05) is 53.8 Å². The van der Waals surface area contributed by atoms with Crippen LogP contribution in [0.1, 0.15) is 11.1 Å². The van der Waals surface area contributed by atoms with Crippen molar-refractivity contribution in [1.82, 2.24) is 5.32 Å². The van der Waals surface area contributed by atoms with Crippen LogP contribution in [0.25, 0.3) is 0 Å². The molecule has 1 amide bonds. The molecular formula is C17H13ClFNO2. The molecule has 0 bridgehead atoms. The van der Waals surface area contributed by atoms with E-state index in [9.17, 15) is 9.18 Å². The minimum atomic E-state index is -0.555. The van der Waals surface area contributed by atoms with E-state index < -0.39 is 11.9 Å². The average Bonchev–Trinajstić information content (AvgIpc) is 2.54. The average molecular weight is 318 g/mol. The highest BCUT2D eigenvalue weighted by Gasteiger charge is 2.00. The molecule has 0 fully saturated rings. The van der Waals surface area contributed by atoms with Crippen LogP contribution in [0.3, 0.4) is 0 Å². The van der Waals surface area contributed by atoms with Gasteiger partial charge in [0, 0.05) is 5.56 Å². The van der Waals surface area contributed by atoms with Gasteiger partial charge >= 0.3 is 6.09 Å². The normalized spacial score (nSPS) is 9.55. The van der Waals surface area contributed by atoms with Gasteiger partial charge in [0.2, 0.25) is 0 Å². The summed E-state index contributed by atoms with van der Waals surface area (Å²) in [5.74, 6) is 4.90. The summed E-state index contributed by atoms with van der Waals surface area (Å²) in [4.78, 5) is 11.4. The Labute approximate surface area is 133 Å². The van der Waals surface area contributed by atoms with Crippen LogP contribution in [0.2, 0.25) is 5.02 Å². The molecule has 3 nitrogen and oxygen atoms in total. The summed E-state index contributed by atoms with van der Waals surface area (Å²) in [5, 5.41) is 2.54. The van der Waals surface area contributed by atoms with Crippen molar-refractivity contribution in [2.45, 2.75) is 6.61 Å². The molecule has 0 radical (unpaired) electrons. The Kier molecular flexibility index (Phi) is 5.81. The van der Waals surface area contributed by atoms with E-state index in [1.54, 1.807) is 6.07 Å². The molecule has 2 rings (SSSR count). The molecule has 0 aliphatic rings. The highest BCUT2D eigenvalue weighted by molar-refractivity contribution is 6.30. The Morgan fingerprint density at radius 1 is 1.23 bits per heavy atom. The number of benzene rings is 2. The van der Waals surface area contributed by atoms with Gasteiger partial charge in [0.25, 0.3) is 0 Å². The minimum absolute atomic E-state index is 0.0492. The van der Waals surface area contributed by atoms with Gasteiger partial charge in [-0.05, 0) is 23.8 Å². The Balaban J connectivity index is 1.75. The lowest BCUT2D eigenvalue weighted by Gasteiger charge is -2.04. The molecule has 22 heavy (non-hydrogen) atoms. The molecule has 2 aromatic rings. The zero-order chi connectivity index (χ0) is 15.8. The molecule has 1 N–H and O–H groups in total. The SMILES string of the molecule is O=C(NCC#Cc1ccc(Cl)c(F)c1)OCc1ccccc1. The molecule has 112 valence electrons. The maximum absolute atomic E-state index is 13.2. The maximum atomic E-state index is 13.2. The topological polar surface area (TPSA) is 38.3 Å². The van der Waals surface area contributed by atoms with Crippen LogP contribution in [-0.2, 0) is 11.3 Å². The molecule has 0 atom stereocenters. The number of hydrogen-bond donors (Lipinski definition) is 1. The van der Waals surface area contributed by atoms with Crippen LogP contribution in [0.5, 0.6) is 0 Å². The fourth-order valence-corrected chi connectivity index (χ4v) is 1.73. The predicted octanol–water partition coefficient (Wildman–Crippen LogP) is 3.76. The zero-order valence-corrected chi connectivity index (χ0v) is 12.4. The van der Waals surface area contributed by atoms with Gasteiger partial charge in [0.05, 0.1) is 11.6 Å². The lowest BCUT2D eigenvalue weighted by atomic mass is 10.2. The van der Waals surface area contributed by atoms with Crippen molar-refractivity contribution in [3.8, 4) is 11.8 Å². The van der Waals surface area contributed by atoms with Crippen LogP contribution < -0.4 is 5.32 Å². The van der Waals surface area contributed by atoms with E-state index in [1.807, 2.05) is 30.3 Å². The molecule has 0 spiro atoms. The molecule has 2 aromatic carbocycles. The third kappa shape index (κ3) is 5.12. The number of rotatable bonds is 3. The zero-order valence-electron chi connectivity index (χ0n) is 11.6. The number of carbonyl (C=O) groups is 1. The van der Waals surface area contributed by atoms with E-state index in [0.29, 0.717) is 5.56 Å². The Morgan fingerprint density at radius 3 is 2.73 bits per heavy atom. The summed E-state index contributed by atoms with van der Waals surface area (Å²) in [5.41, 5.74) is 1.39. The highest BCUT2D eigenvalue weighted by Crippen LogP contribution is 2.14. The van der Waals surface area contributed by atoms with Gasteiger partial charge in [-0.2, -0.15) is 0 Å². The summed E-state index contributed by atoms with van der Waals surface area (Å²) >= 11 is 5.57. The van der Waals surface area contributed by atoms with Crippen molar-refractivity contribution in [3.63, 3.8) is 0 Å². The number of carbonyl (C=O) groups excluding carboxylic acids is 1. The summed E-state index contributed by atoms with van der Waals surface area (Å²) in [6, 6.07) is 13.6. The number of halogens is 2. The summed E-state index contributed by atoms with van der Waals surface area (Å²) in [7, 11) is 0. The second-order valence-corrected chi connectivity index (χ2v) is 4.75. The number of hydrogen-bond acceptors (Lipinski definition) is 2. The largest absolute Gasteiger partial charge is 0.445 e. The van der Waals surface area contributed by atoms with E-state index in [2.05, 4.69) is 17.2 Å². The lowest BCUT2D eigenvalue weighted by Crippen LogP contribution is -2.24. The first-order chi connectivity index (χ1) is 10.6. The molecule has 0 unspecified atom stereocenters. The van der Waals surface area contributed by atoms with Crippen LogP contribution in [0.4, 0.5) is 9.18 Å². The monoisotopic (exact) mass is 317 g/mol. The Hall–Kier alpha value is -2.51. The Morgan fingerprint density at radius 2 is 2.00 bits per heavy atom. The molecule has 0 saturated heterocycles. The molecule has 0 saturated carbocycles. The summed E-state index contributed by atoms with van der Waals surface area (Å²) in [6.07, 6.45) is -0.555.